The first-order valence-corrected chi connectivity index (χ1v) is 7.91. The van der Waals surface area contributed by atoms with Crippen molar-refractivity contribution < 1.29 is 4.79 Å². The second-order valence-electron chi connectivity index (χ2n) is 5.31. The van der Waals surface area contributed by atoms with Crippen LogP contribution in [0.1, 0.15) is 13.8 Å². The molecule has 1 heterocycles. The number of allylic oxidation sites excluding steroid dienone is 3. The molecular weight excluding hydrogens is 274 g/mol. The average Bonchev–Trinajstić information content (AvgIpc) is 2.56. The highest BCUT2D eigenvalue weighted by Gasteiger charge is 2.18. The van der Waals surface area contributed by atoms with E-state index in [2.05, 4.69) is 28.1 Å². The van der Waals surface area contributed by atoms with Gasteiger partial charge in [0.25, 0.3) is 0 Å². The minimum absolute atomic E-state index is 0.0993. The number of carbonyl (C=O) groups excluding carboxylic acids is 1. The fourth-order valence-electron chi connectivity index (χ4n) is 2.59. The molecule has 1 fully saturated rings. The van der Waals surface area contributed by atoms with Crippen LogP contribution in [0, 0.1) is 0 Å². The first kappa shape index (κ1) is 16.3. The molecule has 1 aliphatic heterocycles. The number of amides is 1. The molecule has 2 rings (SSSR count). The fraction of sp³-hybridized carbons (Fsp3) is 0.389. The van der Waals surface area contributed by atoms with Crippen LogP contribution in [-0.4, -0.2) is 43.5 Å². The Bertz CT molecular complexity index is 543. The summed E-state index contributed by atoms with van der Waals surface area (Å²) in [5.41, 5.74) is 1.98. The maximum atomic E-state index is 12.0. The van der Waals surface area contributed by atoms with Crippen molar-refractivity contribution >= 4 is 17.3 Å². The van der Waals surface area contributed by atoms with Gasteiger partial charge in [0.15, 0.2) is 0 Å². The lowest BCUT2D eigenvalue weighted by Gasteiger charge is -2.36. The molecule has 0 atom stereocenters. The molecule has 0 spiro atoms. The van der Waals surface area contributed by atoms with Crippen molar-refractivity contribution in [1.82, 2.24) is 4.90 Å². The highest BCUT2D eigenvalue weighted by atomic mass is 16.1. The second-order valence-corrected chi connectivity index (χ2v) is 5.31. The van der Waals surface area contributed by atoms with Crippen LogP contribution in [0.2, 0.25) is 0 Å². The van der Waals surface area contributed by atoms with E-state index in [1.807, 2.05) is 37.3 Å². The van der Waals surface area contributed by atoms with Gasteiger partial charge in [0.2, 0.25) is 5.91 Å². The summed E-state index contributed by atoms with van der Waals surface area (Å²) in [5, 5.41) is 2.98. The zero-order valence-corrected chi connectivity index (χ0v) is 13.5. The largest absolute Gasteiger partial charge is 0.367 e. The Balaban J connectivity index is 2.05. The number of nitrogens with one attached hydrogen (secondary N) is 1. The van der Waals surface area contributed by atoms with Crippen molar-refractivity contribution in [3.8, 4) is 0 Å². The lowest BCUT2D eigenvalue weighted by Crippen LogP contribution is -2.46. The van der Waals surface area contributed by atoms with E-state index in [1.165, 1.54) is 0 Å². The Kier molecular flexibility index (Phi) is 6.22. The molecule has 1 amide bonds. The summed E-state index contributed by atoms with van der Waals surface area (Å²) in [5.74, 6) is -0.0993. The number of anilines is 2. The summed E-state index contributed by atoms with van der Waals surface area (Å²) in [6, 6.07) is 8.01. The zero-order chi connectivity index (χ0) is 15.8. The maximum Gasteiger partial charge on any atom is 0.248 e. The maximum absolute atomic E-state index is 12.0. The number of piperazine rings is 1. The van der Waals surface area contributed by atoms with Crippen molar-refractivity contribution in [2.45, 2.75) is 13.8 Å². The van der Waals surface area contributed by atoms with Crippen LogP contribution >= 0.6 is 0 Å². The van der Waals surface area contributed by atoms with Gasteiger partial charge in [0, 0.05) is 32.3 Å². The van der Waals surface area contributed by atoms with Crippen LogP contribution in [0.15, 0.2) is 48.6 Å². The van der Waals surface area contributed by atoms with Crippen LogP contribution in [0.5, 0.6) is 0 Å². The quantitative estimate of drug-likeness (QED) is 0.671. The zero-order valence-electron chi connectivity index (χ0n) is 13.5. The van der Waals surface area contributed by atoms with Crippen LogP contribution in [0.4, 0.5) is 11.4 Å². The molecule has 0 aromatic heterocycles. The molecule has 1 aliphatic rings. The molecule has 1 aromatic carbocycles. The lowest BCUT2D eigenvalue weighted by atomic mass is 10.2. The number of nitrogens with zero attached hydrogens (tertiary/aromatic N) is 2. The summed E-state index contributed by atoms with van der Waals surface area (Å²) in [4.78, 5) is 16.7. The van der Waals surface area contributed by atoms with Crippen LogP contribution in [0.3, 0.4) is 0 Å². The van der Waals surface area contributed by atoms with Gasteiger partial charge in [0.05, 0.1) is 11.4 Å². The van der Waals surface area contributed by atoms with Gasteiger partial charge in [-0.05, 0) is 25.6 Å². The predicted octanol–water partition coefficient (Wildman–Crippen LogP) is 2.90. The minimum Gasteiger partial charge on any atom is -0.367 e. The number of likely N-dealkylation sites (N-methyl/N-ethyl adjacent to an activating group) is 1. The summed E-state index contributed by atoms with van der Waals surface area (Å²) >= 11 is 0. The summed E-state index contributed by atoms with van der Waals surface area (Å²) < 4.78 is 0. The van der Waals surface area contributed by atoms with Gasteiger partial charge in [0.1, 0.15) is 0 Å². The average molecular weight is 299 g/mol. The van der Waals surface area contributed by atoms with E-state index >= 15 is 0 Å². The highest BCUT2D eigenvalue weighted by Crippen LogP contribution is 2.26. The number of rotatable bonds is 5. The third-order valence-electron chi connectivity index (χ3n) is 3.87. The predicted molar refractivity (Wildman–Crippen MR) is 93.4 cm³/mol. The molecule has 1 saturated heterocycles. The van der Waals surface area contributed by atoms with Gasteiger partial charge in [-0.1, -0.05) is 37.3 Å². The van der Waals surface area contributed by atoms with E-state index in [9.17, 15) is 4.79 Å². The number of carbonyl (C=O) groups is 1. The summed E-state index contributed by atoms with van der Waals surface area (Å²) in [7, 11) is 0. The molecule has 0 unspecified atom stereocenters. The SMILES string of the molecule is C/C=C/C=C/C(=O)Nc1ccccc1N1CCN(CC)CC1. The third-order valence-corrected chi connectivity index (χ3v) is 3.87. The van der Waals surface area contributed by atoms with Gasteiger partial charge in [-0.15, -0.1) is 0 Å². The lowest BCUT2D eigenvalue weighted by molar-refractivity contribution is -0.111. The van der Waals surface area contributed by atoms with Gasteiger partial charge in [-0.3, -0.25) is 4.79 Å². The molecule has 4 nitrogen and oxygen atoms in total. The molecule has 1 N–H and O–H groups in total. The molecule has 1 aromatic rings. The van der Waals surface area contributed by atoms with Crippen LogP contribution < -0.4 is 10.2 Å². The van der Waals surface area contributed by atoms with E-state index in [0.29, 0.717) is 0 Å². The van der Waals surface area contributed by atoms with Crippen molar-refractivity contribution in [3.63, 3.8) is 0 Å². The van der Waals surface area contributed by atoms with Gasteiger partial charge < -0.3 is 15.1 Å². The van der Waals surface area contributed by atoms with Gasteiger partial charge in [-0.2, -0.15) is 0 Å². The Morgan fingerprint density at radius 2 is 1.91 bits per heavy atom. The van der Waals surface area contributed by atoms with Crippen molar-refractivity contribution in [1.29, 1.82) is 0 Å². The minimum atomic E-state index is -0.0993. The summed E-state index contributed by atoms with van der Waals surface area (Å²) in [6.07, 6.45) is 7.03. The topological polar surface area (TPSA) is 35.6 Å². The van der Waals surface area contributed by atoms with Crippen LogP contribution in [0.25, 0.3) is 0 Å². The molecule has 118 valence electrons. The fourth-order valence-corrected chi connectivity index (χ4v) is 2.59. The van der Waals surface area contributed by atoms with Crippen LogP contribution in [-0.2, 0) is 4.79 Å². The summed E-state index contributed by atoms with van der Waals surface area (Å²) in [6.45, 7) is 9.35. The van der Waals surface area contributed by atoms with Crippen molar-refractivity contribution in [2.24, 2.45) is 0 Å². The van der Waals surface area contributed by atoms with Gasteiger partial charge in [-0.25, -0.2) is 0 Å². The highest BCUT2D eigenvalue weighted by molar-refractivity contribution is 6.01. The first-order valence-electron chi connectivity index (χ1n) is 7.91. The van der Waals surface area contributed by atoms with E-state index in [-0.39, 0.29) is 5.91 Å². The van der Waals surface area contributed by atoms with E-state index < -0.39 is 0 Å². The Hall–Kier alpha value is -2.07. The number of benzene rings is 1. The normalized spacial score (nSPS) is 16.5. The smallest absolute Gasteiger partial charge is 0.248 e. The third kappa shape index (κ3) is 4.46. The molecular formula is C18H25N3O. The van der Waals surface area contributed by atoms with E-state index in [0.717, 1.165) is 44.1 Å². The number of para-hydroxylation sites is 2. The monoisotopic (exact) mass is 299 g/mol. The molecule has 4 heteroatoms. The molecule has 0 aliphatic carbocycles. The Labute approximate surface area is 133 Å². The number of hydrogen-bond acceptors (Lipinski definition) is 3. The van der Waals surface area contributed by atoms with E-state index in [4.69, 9.17) is 0 Å². The Morgan fingerprint density at radius 3 is 2.59 bits per heavy atom. The standard InChI is InChI=1S/C18H25N3O/c1-3-5-6-11-18(22)19-16-9-7-8-10-17(16)21-14-12-20(4-2)13-15-21/h3,5-11H,4,12-15H2,1-2H3,(H,19,22)/b5-3+,11-6+. The van der Waals surface area contributed by atoms with Gasteiger partial charge >= 0.3 is 0 Å². The first-order chi connectivity index (χ1) is 10.7. The Morgan fingerprint density at radius 1 is 1.18 bits per heavy atom. The molecule has 22 heavy (non-hydrogen) atoms. The number of hydrogen-bond donors (Lipinski definition) is 1. The van der Waals surface area contributed by atoms with Crippen molar-refractivity contribution in [3.05, 3.63) is 48.6 Å². The molecule has 0 saturated carbocycles. The molecule has 0 radical (unpaired) electrons. The van der Waals surface area contributed by atoms with E-state index in [1.54, 1.807) is 12.2 Å². The second kappa shape index (κ2) is 8.39. The molecule has 0 bridgehead atoms. The van der Waals surface area contributed by atoms with Crippen molar-refractivity contribution in [2.75, 3.05) is 42.9 Å².